The molecular weight excluding hydrogens is 272 g/mol. The maximum atomic E-state index is 12.3. The van der Waals surface area contributed by atoms with Crippen LogP contribution in [0.3, 0.4) is 0 Å². The van der Waals surface area contributed by atoms with Crippen molar-refractivity contribution in [1.82, 2.24) is 9.97 Å². The Morgan fingerprint density at radius 1 is 1.00 bits per heavy atom. The zero-order valence-corrected chi connectivity index (χ0v) is 11.3. The van der Waals surface area contributed by atoms with Crippen LogP contribution in [-0.2, 0) is 6.42 Å². The van der Waals surface area contributed by atoms with Crippen molar-refractivity contribution in [2.24, 2.45) is 0 Å². The Bertz CT molecular complexity index is 786. The van der Waals surface area contributed by atoms with Crippen molar-refractivity contribution in [2.45, 2.75) is 6.42 Å². The third-order valence-corrected chi connectivity index (χ3v) is 3.28. The summed E-state index contributed by atoms with van der Waals surface area (Å²) in [5, 5.41) is 0.639. The van der Waals surface area contributed by atoms with Crippen LogP contribution in [0.2, 0.25) is 5.02 Å². The van der Waals surface area contributed by atoms with Gasteiger partial charge in [0.05, 0.1) is 11.0 Å². The summed E-state index contributed by atoms with van der Waals surface area (Å²) < 4.78 is 0. The molecule has 4 heteroatoms. The predicted octanol–water partition coefficient (Wildman–Crippen LogP) is 3.71. The molecule has 0 saturated carbocycles. The lowest BCUT2D eigenvalue weighted by Crippen LogP contribution is -2.03. The fraction of sp³-hybridized carbons (Fsp3) is 0.0625. The van der Waals surface area contributed by atoms with Gasteiger partial charge in [-0.25, -0.2) is 0 Å². The molecule has 0 unspecified atom stereocenters. The molecule has 3 rings (SSSR count). The Balaban J connectivity index is 1.88. The first-order chi connectivity index (χ1) is 9.72. The van der Waals surface area contributed by atoms with E-state index < -0.39 is 0 Å². The van der Waals surface area contributed by atoms with Crippen LogP contribution in [0.15, 0.2) is 54.9 Å². The van der Waals surface area contributed by atoms with E-state index in [1.807, 2.05) is 18.2 Å². The molecule has 0 N–H and O–H groups in total. The molecule has 1 aromatic heterocycles. The standard InChI is InChI=1S/C16H11ClN2O/c17-13-3-1-2-11(8-13)9-16(20)12-4-5-14-15(10-12)19-7-6-18-14/h1-8,10H,9H2. The Kier molecular flexibility index (Phi) is 3.44. The summed E-state index contributed by atoms with van der Waals surface area (Å²) in [5.41, 5.74) is 3.05. The normalized spacial score (nSPS) is 10.7. The van der Waals surface area contributed by atoms with E-state index in [1.165, 1.54) is 0 Å². The van der Waals surface area contributed by atoms with E-state index in [4.69, 9.17) is 11.6 Å². The predicted molar refractivity (Wildman–Crippen MR) is 79.0 cm³/mol. The van der Waals surface area contributed by atoms with Gasteiger partial charge in [-0.1, -0.05) is 23.7 Å². The van der Waals surface area contributed by atoms with Gasteiger partial charge in [0.15, 0.2) is 5.78 Å². The van der Waals surface area contributed by atoms with Crippen molar-refractivity contribution in [1.29, 1.82) is 0 Å². The average molecular weight is 283 g/mol. The Morgan fingerprint density at radius 3 is 2.60 bits per heavy atom. The van der Waals surface area contributed by atoms with E-state index in [1.54, 1.807) is 36.7 Å². The molecule has 0 bridgehead atoms. The van der Waals surface area contributed by atoms with Crippen molar-refractivity contribution in [2.75, 3.05) is 0 Å². The number of hydrogen-bond donors (Lipinski definition) is 0. The van der Waals surface area contributed by atoms with Crippen LogP contribution in [0.25, 0.3) is 11.0 Å². The van der Waals surface area contributed by atoms with E-state index in [0.717, 1.165) is 16.6 Å². The first-order valence-corrected chi connectivity index (χ1v) is 6.58. The van der Waals surface area contributed by atoms with Gasteiger partial charge in [-0.15, -0.1) is 0 Å². The molecule has 1 heterocycles. The third kappa shape index (κ3) is 2.68. The van der Waals surface area contributed by atoms with Crippen LogP contribution in [0.4, 0.5) is 0 Å². The highest BCUT2D eigenvalue weighted by molar-refractivity contribution is 6.30. The first-order valence-electron chi connectivity index (χ1n) is 6.21. The summed E-state index contributed by atoms with van der Waals surface area (Å²) in [5.74, 6) is 0.0415. The van der Waals surface area contributed by atoms with Crippen LogP contribution in [0.5, 0.6) is 0 Å². The number of ketones is 1. The SMILES string of the molecule is O=C(Cc1cccc(Cl)c1)c1ccc2nccnc2c1. The van der Waals surface area contributed by atoms with Crippen LogP contribution in [-0.4, -0.2) is 15.8 Å². The van der Waals surface area contributed by atoms with Gasteiger partial charge < -0.3 is 0 Å². The van der Waals surface area contributed by atoms with Gasteiger partial charge in [0.25, 0.3) is 0 Å². The first kappa shape index (κ1) is 12.8. The van der Waals surface area contributed by atoms with Crippen molar-refractivity contribution in [3.05, 3.63) is 71.0 Å². The highest BCUT2D eigenvalue weighted by atomic mass is 35.5. The summed E-state index contributed by atoms with van der Waals surface area (Å²) in [7, 11) is 0. The highest BCUT2D eigenvalue weighted by Gasteiger charge is 2.09. The number of carbonyl (C=O) groups is 1. The molecule has 3 aromatic rings. The summed E-state index contributed by atoms with van der Waals surface area (Å²) in [4.78, 5) is 20.7. The van der Waals surface area contributed by atoms with Gasteiger partial charge in [-0.3, -0.25) is 14.8 Å². The van der Waals surface area contributed by atoms with Gasteiger partial charge >= 0.3 is 0 Å². The molecule has 0 atom stereocenters. The lowest BCUT2D eigenvalue weighted by Gasteiger charge is -2.03. The summed E-state index contributed by atoms with van der Waals surface area (Å²) in [6, 6.07) is 12.7. The zero-order valence-electron chi connectivity index (χ0n) is 10.6. The number of fused-ring (bicyclic) bond motifs is 1. The molecule has 2 aromatic carbocycles. The van der Waals surface area contributed by atoms with E-state index in [9.17, 15) is 4.79 Å². The van der Waals surface area contributed by atoms with Crippen LogP contribution < -0.4 is 0 Å². The quantitative estimate of drug-likeness (QED) is 0.688. The number of nitrogens with zero attached hydrogens (tertiary/aromatic N) is 2. The van der Waals surface area contributed by atoms with Crippen molar-refractivity contribution < 1.29 is 4.79 Å². The second-order valence-electron chi connectivity index (χ2n) is 4.49. The highest BCUT2D eigenvalue weighted by Crippen LogP contribution is 2.15. The Labute approximate surface area is 121 Å². The monoisotopic (exact) mass is 282 g/mol. The largest absolute Gasteiger partial charge is 0.294 e. The molecule has 20 heavy (non-hydrogen) atoms. The van der Waals surface area contributed by atoms with E-state index in [0.29, 0.717) is 17.0 Å². The number of hydrogen-bond acceptors (Lipinski definition) is 3. The number of halogens is 1. The van der Waals surface area contributed by atoms with Crippen molar-refractivity contribution in [3.63, 3.8) is 0 Å². The molecule has 0 radical (unpaired) electrons. The van der Waals surface area contributed by atoms with Crippen molar-refractivity contribution in [3.8, 4) is 0 Å². The molecule has 0 saturated heterocycles. The van der Waals surface area contributed by atoms with Crippen LogP contribution in [0, 0.1) is 0 Å². The molecule has 0 aliphatic rings. The maximum Gasteiger partial charge on any atom is 0.167 e. The minimum Gasteiger partial charge on any atom is -0.294 e. The average Bonchev–Trinajstić information content (AvgIpc) is 2.47. The zero-order chi connectivity index (χ0) is 13.9. The molecule has 3 nitrogen and oxygen atoms in total. The van der Waals surface area contributed by atoms with E-state index >= 15 is 0 Å². The van der Waals surface area contributed by atoms with Crippen LogP contribution >= 0.6 is 11.6 Å². The van der Waals surface area contributed by atoms with Crippen molar-refractivity contribution >= 4 is 28.4 Å². The second kappa shape index (κ2) is 5.39. The van der Waals surface area contributed by atoms with Gasteiger partial charge in [-0.2, -0.15) is 0 Å². The molecule has 0 spiro atoms. The molecule has 0 amide bonds. The fourth-order valence-electron chi connectivity index (χ4n) is 2.07. The summed E-state index contributed by atoms with van der Waals surface area (Å²) in [6.07, 6.45) is 3.58. The van der Waals surface area contributed by atoms with E-state index in [2.05, 4.69) is 9.97 Å². The molecule has 0 aliphatic heterocycles. The molecular formula is C16H11ClN2O. The lowest BCUT2D eigenvalue weighted by atomic mass is 10.0. The summed E-state index contributed by atoms with van der Waals surface area (Å²) in [6.45, 7) is 0. The Morgan fingerprint density at radius 2 is 1.80 bits per heavy atom. The van der Waals surface area contributed by atoms with E-state index in [-0.39, 0.29) is 5.78 Å². The van der Waals surface area contributed by atoms with Gasteiger partial charge in [-0.05, 0) is 35.9 Å². The molecule has 98 valence electrons. The molecule has 0 fully saturated rings. The minimum absolute atomic E-state index is 0.0415. The maximum absolute atomic E-state index is 12.3. The number of aromatic nitrogens is 2. The van der Waals surface area contributed by atoms with Gasteiger partial charge in [0.1, 0.15) is 0 Å². The fourth-order valence-corrected chi connectivity index (χ4v) is 2.28. The number of benzene rings is 2. The third-order valence-electron chi connectivity index (χ3n) is 3.05. The Hall–Kier alpha value is -2.26. The van der Waals surface area contributed by atoms with Gasteiger partial charge in [0.2, 0.25) is 0 Å². The lowest BCUT2D eigenvalue weighted by molar-refractivity contribution is 0.0993. The molecule has 0 aliphatic carbocycles. The summed E-state index contributed by atoms with van der Waals surface area (Å²) >= 11 is 5.92. The number of rotatable bonds is 3. The van der Waals surface area contributed by atoms with Crippen LogP contribution in [0.1, 0.15) is 15.9 Å². The topological polar surface area (TPSA) is 42.9 Å². The minimum atomic E-state index is 0.0415. The number of Topliss-reactive ketones (excluding diaryl/α,β-unsaturated/α-hetero) is 1. The number of carbonyl (C=O) groups excluding carboxylic acids is 1. The smallest absolute Gasteiger partial charge is 0.167 e. The van der Waals surface area contributed by atoms with Gasteiger partial charge in [0, 0.05) is 29.4 Å². The second-order valence-corrected chi connectivity index (χ2v) is 4.93.